The minimum atomic E-state index is -0.474. The zero-order valence-corrected chi connectivity index (χ0v) is 13.0. The standard InChI is InChI=1S/C18H16N4O2/c19-18(24)13-4-1-3-12(9-13)14-5-2-6-17-20-16(21-22(14)17)10-15(23)11-7-8-11/h1-6,9,11H,7-8,10H2,(H2,19,24). The molecule has 0 atom stereocenters. The minimum absolute atomic E-state index is 0.198. The van der Waals surface area contributed by atoms with Gasteiger partial charge in [-0.15, -0.1) is 0 Å². The van der Waals surface area contributed by atoms with Gasteiger partial charge in [0.25, 0.3) is 0 Å². The number of hydrogen-bond donors (Lipinski definition) is 1. The zero-order chi connectivity index (χ0) is 16.7. The Labute approximate surface area is 138 Å². The second kappa shape index (κ2) is 5.56. The minimum Gasteiger partial charge on any atom is -0.366 e. The van der Waals surface area contributed by atoms with Crippen LogP contribution in [-0.4, -0.2) is 26.3 Å². The van der Waals surface area contributed by atoms with Gasteiger partial charge in [-0.05, 0) is 37.1 Å². The maximum atomic E-state index is 12.0. The summed E-state index contributed by atoms with van der Waals surface area (Å²) in [6, 6.07) is 12.7. The number of carbonyl (C=O) groups excluding carboxylic acids is 2. The van der Waals surface area contributed by atoms with Crippen molar-refractivity contribution in [2.75, 3.05) is 0 Å². The van der Waals surface area contributed by atoms with Gasteiger partial charge >= 0.3 is 0 Å². The molecule has 6 nitrogen and oxygen atoms in total. The average molecular weight is 320 g/mol. The molecule has 0 spiro atoms. The summed E-state index contributed by atoms with van der Waals surface area (Å²) in [6.45, 7) is 0. The highest BCUT2D eigenvalue weighted by molar-refractivity contribution is 5.94. The highest BCUT2D eigenvalue weighted by Crippen LogP contribution is 2.30. The van der Waals surface area contributed by atoms with E-state index in [9.17, 15) is 9.59 Å². The van der Waals surface area contributed by atoms with Crippen LogP contribution in [0.15, 0.2) is 42.5 Å². The lowest BCUT2D eigenvalue weighted by atomic mass is 10.1. The maximum Gasteiger partial charge on any atom is 0.248 e. The van der Waals surface area contributed by atoms with E-state index in [0.29, 0.717) is 17.0 Å². The number of rotatable bonds is 5. The topological polar surface area (TPSA) is 90.4 Å². The zero-order valence-electron chi connectivity index (χ0n) is 13.0. The highest BCUT2D eigenvalue weighted by Gasteiger charge is 2.30. The first-order valence-electron chi connectivity index (χ1n) is 7.89. The second-order valence-corrected chi connectivity index (χ2v) is 6.07. The van der Waals surface area contributed by atoms with E-state index < -0.39 is 5.91 Å². The fourth-order valence-electron chi connectivity index (χ4n) is 2.78. The molecule has 0 saturated heterocycles. The second-order valence-electron chi connectivity index (χ2n) is 6.07. The van der Waals surface area contributed by atoms with Gasteiger partial charge in [-0.25, -0.2) is 9.50 Å². The van der Waals surface area contributed by atoms with Crippen molar-refractivity contribution in [1.82, 2.24) is 14.6 Å². The van der Waals surface area contributed by atoms with Gasteiger partial charge in [-0.3, -0.25) is 9.59 Å². The molecule has 1 fully saturated rings. The first kappa shape index (κ1) is 14.6. The molecule has 4 rings (SSSR count). The average Bonchev–Trinajstić information content (AvgIpc) is 3.35. The number of carbonyl (C=O) groups is 2. The molecule has 1 aromatic carbocycles. The van der Waals surface area contributed by atoms with Crippen molar-refractivity contribution in [3.63, 3.8) is 0 Å². The summed E-state index contributed by atoms with van der Waals surface area (Å²) in [5.41, 5.74) is 8.09. The third kappa shape index (κ3) is 2.67. The molecule has 1 aliphatic rings. The van der Waals surface area contributed by atoms with Gasteiger partial charge in [0.05, 0.1) is 12.1 Å². The van der Waals surface area contributed by atoms with Gasteiger partial charge in [0.2, 0.25) is 5.91 Å². The Morgan fingerprint density at radius 2 is 1.96 bits per heavy atom. The number of fused-ring (bicyclic) bond motifs is 1. The molecule has 2 N–H and O–H groups in total. The summed E-state index contributed by atoms with van der Waals surface area (Å²) >= 11 is 0. The van der Waals surface area contributed by atoms with Crippen molar-refractivity contribution in [3.05, 3.63) is 53.9 Å². The number of benzene rings is 1. The van der Waals surface area contributed by atoms with Crippen LogP contribution in [-0.2, 0) is 11.2 Å². The lowest BCUT2D eigenvalue weighted by molar-refractivity contribution is -0.119. The van der Waals surface area contributed by atoms with Crippen LogP contribution in [0.1, 0.15) is 29.0 Å². The lowest BCUT2D eigenvalue weighted by Gasteiger charge is -2.05. The van der Waals surface area contributed by atoms with Crippen molar-refractivity contribution in [2.24, 2.45) is 11.7 Å². The Balaban J connectivity index is 1.75. The predicted octanol–water partition coefficient (Wildman–Crippen LogP) is 2.02. The van der Waals surface area contributed by atoms with Crippen LogP contribution in [0.3, 0.4) is 0 Å². The van der Waals surface area contributed by atoms with Gasteiger partial charge in [-0.1, -0.05) is 18.2 Å². The number of nitrogens with zero attached hydrogens (tertiary/aromatic N) is 3. The van der Waals surface area contributed by atoms with Crippen molar-refractivity contribution in [3.8, 4) is 11.3 Å². The van der Waals surface area contributed by atoms with Crippen molar-refractivity contribution >= 4 is 17.3 Å². The summed E-state index contributed by atoms with van der Waals surface area (Å²) in [5.74, 6) is 0.468. The molecule has 0 bridgehead atoms. The lowest BCUT2D eigenvalue weighted by Crippen LogP contribution is -2.10. The van der Waals surface area contributed by atoms with Gasteiger partial charge < -0.3 is 5.73 Å². The van der Waals surface area contributed by atoms with E-state index in [1.807, 2.05) is 24.3 Å². The number of primary amides is 1. The summed E-state index contributed by atoms with van der Waals surface area (Å²) in [6.07, 6.45) is 2.24. The number of ketones is 1. The Morgan fingerprint density at radius 3 is 2.71 bits per heavy atom. The van der Waals surface area contributed by atoms with Crippen LogP contribution >= 0.6 is 0 Å². The molecular weight excluding hydrogens is 304 g/mol. The number of amides is 1. The fourth-order valence-corrected chi connectivity index (χ4v) is 2.78. The first-order chi connectivity index (χ1) is 11.6. The monoisotopic (exact) mass is 320 g/mol. The van der Waals surface area contributed by atoms with Crippen LogP contribution in [0, 0.1) is 5.92 Å². The van der Waals surface area contributed by atoms with E-state index in [-0.39, 0.29) is 18.1 Å². The molecule has 0 unspecified atom stereocenters. The molecule has 3 aromatic rings. The van der Waals surface area contributed by atoms with E-state index in [4.69, 9.17) is 5.73 Å². The Hall–Kier alpha value is -3.02. The summed E-state index contributed by atoms with van der Waals surface area (Å²) in [5, 5.41) is 4.48. The van der Waals surface area contributed by atoms with E-state index in [0.717, 1.165) is 24.1 Å². The van der Waals surface area contributed by atoms with Gasteiger partial charge in [0.1, 0.15) is 5.78 Å². The molecule has 2 aromatic heterocycles. The molecule has 1 saturated carbocycles. The molecule has 6 heteroatoms. The first-order valence-corrected chi connectivity index (χ1v) is 7.89. The van der Waals surface area contributed by atoms with E-state index in [2.05, 4.69) is 10.1 Å². The molecule has 24 heavy (non-hydrogen) atoms. The van der Waals surface area contributed by atoms with Crippen molar-refractivity contribution in [1.29, 1.82) is 0 Å². The van der Waals surface area contributed by atoms with E-state index >= 15 is 0 Å². The van der Waals surface area contributed by atoms with Gasteiger partial charge in [0, 0.05) is 17.0 Å². The predicted molar refractivity (Wildman–Crippen MR) is 88.4 cm³/mol. The highest BCUT2D eigenvalue weighted by atomic mass is 16.1. The summed E-state index contributed by atoms with van der Waals surface area (Å²) in [4.78, 5) is 27.8. The quantitative estimate of drug-likeness (QED) is 0.778. The van der Waals surface area contributed by atoms with Crippen molar-refractivity contribution < 1.29 is 9.59 Å². The molecule has 1 aliphatic carbocycles. The van der Waals surface area contributed by atoms with Crippen molar-refractivity contribution in [2.45, 2.75) is 19.3 Å². The Kier molecular flexibility index (Phi) is 3.37. The maximum absolute atomic E-state index is 12.0. The van der Waals surface area contributed by atoms with Crippen LogP contribution in [0.2, 0.25) is 0 Å². The largest absolute Gasteiger partial charge is 0.366 e. The molecule has 2 heterocycles. The summed E-state index contributed by atoms with van der Waals surface area (Å²) < 4.78 is 1.70. The van der Waals surface area contributed by atoms with E-state index in [1.54, 1.807) is 22.7 Å². The number of pyridine rings is 1. The number of Topliss-reactive ketones (excluding diaryl/α,β-unsaturated/α-hetero) is 1. The van der Waals surface area contributed by atoms with Crippen LogP contribution < -0.4 is 5.73 Å². The van der Waals surface area contributed by atoms with Crippen LogP contribution in [0.25, 0.3) is 16.9 Å². The number of nitrogens with two attached hydrogens (primary N) is 1. The third-order valence-corrected chi connectivity index (χ3v) is 4.21. The smallest absolute Gasteiger partial charge is 0.248 e. The van der Waals surface area contributed by atoms with Crippen LogP contribution in [0.5, 0.6) is 0 Å². The Bertz CT molecular complexity index is 957. The molecule has 0 aliphatic heterocycles. The third-order valence-electron chi connectivity index (χ3n) is 4.21. The molecule has 0 radical (unpaired) electrons. The number of aromatic nitrogens is 3. The summed E-state index contributed by atoms with van der Waals surface area (Å²) in [7, 11) is 0. The van der Waals surface area contributed by atoms with Crippen LogP contribution in [0.4, 0.5) is 0 Å². The van der Waals surface area contributed by atoms with Gasteiger partial charge in [0.15, 0.2) is 11.5 Å². The van der Waals surface area contributed by atoms with E-state index in [1.165, 1.54) is 0 Å². The fraction of sp³-hybridized carbons (Fsp3) is 0.222. The normalized spacial score (nSPS) is 14.0. The Morgan fingerprint density at radius 1 is 1.17 bits per heavy atom. The molecule has 1 amide bonds. The molecular formula is C18H16N4O2. The SMILES string of the molecule is NC(=O)c1cccc(-c2cccc3nc(CC(=O)C4CC4)nn23)c1. The van der Waals surface area contributed by atoms with Gasteiger partial charge in [-0.2, -0.15) is 5.10 Å². The number of hydrogen-bond acceptors (Lipinski definition) is 4. The molecule has 120 valence electrons.